The van der Waals surface area contributed by atoms with E-state index in [0.29, 0.717) is 5.52 Å². The second kappa shape index (κ2) is 7.37. The highest BCUT2D eigenvalue weighted by atomic mass is 16.7. The molecule has 3 N–H and O–H groups in total. The van der Waals surface area contributed by atoms with Gasteiger partial charge in [-0.3, -0.25) is 9.59 Å². The number of rotatable bonds is 7. The third-order valence-corrected chi connectivity index (χ3v) is 4.22. The van der Waals surface area contributed by atoms with E-state index in [1.807, 2.05) is 6.07 Å². The molecule has 28 heavy (non-hydrogen) atoms. The minimum absolute atomic E-state index is 0.0564. The molecule has 0 spiro atoms. The van der Waals surface area contributed by atoms with Gasteiger partial charge in [0, 0.05) is 0 Å². The summed E-state index contributed by atoms with van der Waals surface area (Å²) in [5, 5.41) is 22.7. The summed E-state index contributed by atoms with van der Waals surface area (Å²) in [6.07, 6.45) is -4.48. The fraction of sp³-hybridized carbons (Fsp3) is 0.333. The minimum Gasteiger partial charge on any atom is -0.457 e. The van der Waals surface area contributed by atoms with Gasteiger partial charge in [-0.05, 0) is 12.1 Å². The Bertz CT molecular complexity index is 956. The number of nitrogens with two attached hydrogens (primary N) is 1. The van der Waals surface area contributed by atoms with Gasteiger partial charge < -0.3 is 29.8 Å². The topological polar surface area (TPSA) is 188 Å². The molecule has 0 saturated carbocycles. The van der Waals surface area contributed by atoms with Crippen LogP contribution in [0.4, 0.5) is 10.6 Å². The quantitative estimate of drug-likeness (QED) is 0.340. The van der Waals surface area contributed by atoms with E-state index in [4.69, 9.17) is 25.1 Å². The molecule has 1 aliphatic rings. The van der Waals surface area contributed by atoms with Crippen LogP contribution in [0, 0.1) is 11.3 Å². The zero-order valence-electron chi connectivity index (χ0n) is 14.0. The minimum atomic E-state index is -2.01. The van der Waals surface area contributed by atoms with Crippen LogP contribution >= 0.6 is 0 Å². The number of aromatic nitrogens is 3. The maximum absolute atomic E-state index is 11.1. The molecule has 4 atom stereocenters. The van der Waals surface area contributed by atoms with Crippen molar-refractivity contribution in [2.24, 2.45) is 0 Å². The van der Waals surface area contributed by atoms with Crippen LogP contribution in [0.3, 0.4) is 0 Å². The third-order valence-electron chi connectivity index (χ3n) is 4.22. The van der Waals surface area contributed by atoms with Crippen LogP contribution in [0.2, 0.25) is 0 Å². The third kappa shape index (κ3) is 2.91. The van der Waals surface area contributed by atoms with Gasteiger partial charge >= 0.3 is 6.16 Å². The van der Waals surface area contributed by atoms with Crippen LogP contribution < -0.4 is 5.73 Å². The van der Waals surface area contributed by atoms with Crippen LogP contribution in [0.15, 0.2) is 18.5 Å². The molecular formula is C15H13N5O8. The SMILES string of the molecule is N#C[C@@]1(c2ccc3c(N)ncnn23)O[C@H](COC(=O)O)[C@@H](OC=O)[C@H]1OC=O. The van der Waals surface area contributed by atoms with Crippen molar-refractivity contribution >= 4 is 30.4 Å². The first kappa shape index (κ1) is 18.9. The van der Waals surface area contributed by atoms with Crippen molar-refractivity contribution in [3.63, 3.8) is 0 Å². The van der Waals surface area contributed by atoms with E-state index >= 15 is 0 Å². The van der Waals surface area contributed by atoms with Gasteiger partial charge in [0.2, 0.25) is 5.60 Å². The number of nitrogen functional groups attached to an aromatic ring is 1. The molecule has 0 aliphatic carbocycles. The van der Waals surface area contributed by atoms with Gasteiger partial charge in [0.05, 0.1) is 5.69 Å². The lowest BCUT2D eigenvalue weighted by atomic mass is 9.92. The largest absolute Gasteiger partial charge is 0.505 e. The van der Waals surface area contributed by atoms with E-state index in [2.05, 4.69) is 14.8 Å². The highest BCUT2D eigenvalue weighted by molar-refractivity contribution is 5.66. The zero-order chi connectivity index (χ0) is 20.3. The summed E-state index contributed by atoms with van der Waals surface area (Å²) in [5.74, 6) is 0.117. The summed E-state index contributed by atoms with van der Waals surface area (Å²) in [5.41, 5.74) is 4.23. The van der Waals surface area contributed by atoms with Gasteiger partial charge in [-0.25, -0.2) is 14.3 Å². The molecular weight excluding hydrogens is 378 g/mol. The fourth-order valence-corrected chi connectivity index (χ4v) is 3.13. The van der Waals surface area contributed by atoms with Gasteiger partial charge in [0.15, 0.2) is 18.0 Å². The lowest BCUT2D eigenvalue weighted by molar-refractivity contribution is -0.152. The molecule has 3 rings (SSSR count). The summed E-state index contributed by atoms with van der Waals surface area (Å²) in [4.78, 5) is 36.6. The molecule has 3 heterocycles. The lowest BCUT2D eigenvalue weighted by Crippen LogP contribution is -2.44. The van der Waals surface area contributed by atoms with Crippen molar-refractivity contribution in [2.75, 3.05) is 12.3 Å². The van der Waals surface area contributed by atoms with Crippen molar-refractivity contribution in [3.05, 3.63) is 24.2 Å². The lowest BCUT2D eigenvalue weighted by Gasteiger charge is -2.26. The molecule has 146 valence electrons. The Morgan fingerprint density at radius 2 is 2.18 bits per heavy atom. The first-order chi connectivity index (χ1) is 13.5. The van der Waals surface area contributed by atoms with Crippen LogP contribution in [0.1, 0.15) is 5.69 Å². The van der Waals surface area contributed by atoms with Crippen molar-refractivity contribution in [3.8, 4) is 6.07 Å². The van der Waals surface area contributed by atoms with Gasteiger partial charge in [0.1, 0.15) is 30.6 Å². The molecule has 1 saturated heterocycles. The standard InChI is InChI=1S/C15H13N5O8/c16-4-15(10-2-1-8-13(17)18-5-19-20(8)10)12(27-7-22)11(26-6-21)9(28-15)3-25-14(23)24/h1-2,5-7,9,11-12H,3H2,(H,23,24)(H2,17,18,19)/t9-,11-,12-,15+/m1/s1. The van der Waals surface area contributed by atoms with E-state index in [1.165, 1.54) is 16.6 Å². The Labute approximate surface area is 156 Å². The Morgan fingerprint density at radius 1 is 1.43 bits per heavy atom. The summed E-state index contributed by atoms with van der Waals surface area (Å²) in [6, 6.07) is 4.87. The molecule has 13 nitrogen and oxygen atoms in total. The normalized spacial score (nSPS) is 26.3. The highest BCUT2D eigenvalue weighted by Crippen LogP contribution is 2.43. The summed E-state index contributed by atoms with van der Waals surface area (Å²) in [6.45, 7) is -0.468. The van der Waals surface area contributed by atoms with Crippen molar-refractivity contribution in [2.45, 2.75) is 23.9 Å². The predicted molar refractivity (Wildman–Crippen MR) is 85.4 cm³/mol. The van der Waals surface area contributed by atoms with Gasteiger partial charge in [-0.15, -0.1) is 0 Å². The average Bonchev–Trinajstić information content (AvgIpc) is 3.23. The second-order valence-electron chi connectivity index (χ2n) is 5.59. The number of nitrogens with zero attached hydrogens (tertiary/aromatic N) is 4. The first-order valence-electron chi connectivity index (χ1n) is 7.70. The molecule has 2 aromatic heterocycles. The van der Waals surface area contributed by atoms with E-state index in [-0.39, 0.29) is 24.5 Å². The van der Waals surface area contributed by atoms with Crippen LogP contribution in [-0.4, -0.2) is 63.7 Å². The molecule has 0 unspecified atom stereocenters. The smallest absolute Gasteiger partial charge is 0.457 e. The summed E-state index contributed by atoms with van der Waals surface area (Å²) < 4.78 is 21.4. The average molecular weight is 391 g/mol. The van der Waals surface area contributed by atoms with Crippen molar-refractivity contribution < 1.29 is 38.4 Å². The number of fused-ring (bicyclic) bond motifs is 1. The molecule has 13 heteroatoms. The van der Waals surface area contributed by atoms with E-state index in [0.717, 1.165) is 6.33 Å². The fourth-order valence-electron chi connectivity index (χ4n) is 3.13. The number of hydrogen-bond donors (Lipinski definition) is 2. The Hall–Kier alpha value is -3.92. The number of ether oxygens (including phenoxy) is 4. The number of carbonyl (C=O) groups is 3. The van der Waals surface area contributed by atoms with Crippen molar-refractivity contribution in [1.82, 2.24) is 14.6 Å². The molecule has 1 aliphatic heterocycles. The summed E-state index contributed by atoms with van der Waals surface area (Å²) in [7, 11) is 0. The molecule has 0 amide bonds. The summed E-state index contributed by atoms with van der Waals surface area (Å²) >= 11 is 0. The molecule has 0 bridgehead atoms. The van der Waals surface area contributed by atoms with Crippen LogP contribution in [0.25, 0.3) is 5.52 Å². The number of hydrogen-bond acceptors (Lipinski definition) is 11. The predicted octanol–water partition coefficient (Wildman–Crippen LogP) is -0.793. The van der Waals surface area contributed by atoms with E-state index in [9.17, 15) is 19.6 Å². The highest BCUT2D eigenvalue weighted by Gasteiger charge is 2.61. The molecule has 0 radical (unpaired) electrons. The molecule has 2 aromatic rings. The maximum atomic E-state index is 11.1. The zero-order valence-corrected chi connectivity index (χ0v) is 14.0. The monoisotopic (exact) mass is 391 g/mol. The van der Waals surface area contributed by atoms with Crippen LogP contribution in [0.5, 0.6) is 0 Å². The number of nitriles is 1. The van der Waals surface area contributed by atoms with E-state index < -0.39 is 36.7 Å². The number of carboxylic acid groups (broad SMARTS) is 1. The first-order valence-corrected chi connectivity index (χ1v) is 7.70. The van der Waals surface area contributed by atoms with Crippen molar-refractivity contribution in [1.29, 1.82) is 5.26 Å². The molecule has 0 aromatic carbocycles. The number of carbonyl (C=O) groups excluding carboxylic acids is 2. The Balaban J connectivity index is 2.13. The number of anilines is 1. The van der Waals surface area contributed by atoms with Gasteiger partial charge in [-0.2, -0.15) is 10.4 Å². The maximum Gasteiger partial charge on any atom is 0.505 e. The van der Waals surface area contributed by atoms with E-state index in [1.54, 1.807) is 0 Å². The Morgan fingerprint density at radius 3 is 2.82 bits per heavy atom. The van der Waals surface area contributed by atoms with Gasteiger partial charge in [-0.1, -0.05) is 0 Å². The Kier molecular flexibility index (Phi) is 4.96. The molecule has 1 fully saturated rings. The second-order valence-corrected chi connectivity index (χ2v) is 5.59. The van der Waals surface area contributed by atoms with Gasteiger partial charge in [0.25, 0.3) is 12.9 Å². The van der Waals surface area contributed by atoms with Crippen LogP contribution in [-0.2, 0) is 34.1 Å².